The van der Waals surface area contributed by atoms with E-state index in [2.05, 4.69) is 51.1 Å². The Hall–Kier alpha value is 0.452. The van der Waals surface area contributed by atoms with E-state index in [1.54, 1.807) is 0 Å². The minimum atomic E-state index is -0.926. The maximum Gasteiger partial charge on any atom is 0.455 e. The summed E-state index contributed by atoms with van der Waals surface area (Å²) in [6, 6.07) is 1.13. The normalized spacial score (nSPS) is 14.1. The van der Waals surface area contributed by atoms with E-state index in [9.17, 15) is 0 Å². The lowest BCUT2D eigenvalue weighted by Gasteiger charge is -2.39. The maximum absolute atomic E-state index is 6.05. The van der Waals surface area contributed by atoms with E-state index >= 15 is 0 Å². The lowest BCUT2D eigenvalue weighted by Crippen LogP contribution is -2.47. The number of hydrogen-bond donors (Lipinski definition) is 0. The van der Waals surface area contributed by atoms with Gasteiger partial charge in [0.2, 0.25) is 0 Å². The van der Waals surface area contributed by atoms with Crippen molar-refractivity contribution in [3.8, 4) is 0 Å². The molecule has 1 atom stereocenters. The van der Waals surface area contributed by atoms with E-state index in [1.165, 1.54) is 0 Å². The van der Waals surface area contributed by atoms with E-state index in [0.29, 0.717) is 18.3 Å². The minimum Gasteiger partial charge on any atom is -0.487 e. The number of hydrogen-bond acceptors (Lipinski definition) is 2. The van der Waals surface area contributed by atoms with Crippen LogP contribution in [-0.2, 0) is 3.79 Å². The fraction of sp³-hybridized carbons (Fsp3) is 1.00. The van der Waals surface area contributed by atoms with Gasteiger partial charge in [-0.15, -0.1) is 0 Å². The lowest BCUT2D eigenvalue weighted by atomic mass is 10.2. The molecule has 1 unspecified atom stereocenters. The number of nitrogens with zero attached hydrogens (tertiary/aromatic N) is 1. The van der Waals surface area contributed by atoms with Gasteiger partial charge in [0.25, 0.3) is 0 Å². The summed E-state index contributed by atoms with van der Waals surface area (Å²) in [5.41, 5.74) is 0. The molecule has 0 rings (SSSR count). The van der Waals surface area contributed by atoms with Crippen molar-refractivity contribution in [2.75, 3.05) is 0 Å². The van der Waals surface area contributed by atoms with Crippen LogP contribution in [0.4, 0.5) is 0 Å². The zero-order valence-electron chi connectivity index (χ0n) is 10.9. The second-order valence-electron chi connectivity index (χ2n) is 4.68. The van der Waals surface area contributed by atoms with Crippen molar-refractivity contribution in [2.24, 2.45) is 0 Å². The molecular weight excluding hydrogens is 189 g/mol. The van der Waals surface area contributed by atoms with Gasteiger partial charge in [-0.05, 0) is 34.1 Å². The topological polar surface area (TPSA) is 12.5 Å². The third kappa shape index (κ3) is 4.80. The van der Waals surface area contributed by atoms with Crippen molar-refractivity contribution in [3.05, 3.63) is 0 Å². The van der Waals surface area contributed by atoms with Crippen LogP contribution in [0.25, 0.3) is 0 Å². The van der Waals surface area contributed by atoms with Crippen LogP contribution in [0.5, 0.6) is 0 Å². The Labute approximate surface area is 94.3 Å². The molecule has 2 nitrogen and oxygen atoms in total. The fourth-order valence-electron chi connectivity index (χ4n) is 1.95. The van der Waals surface area contributed by atoms with Crippen LogP contribution in [0, 0.1) is 0 Å². The van der Waals surface area contributed by atoms with Gasteiger partial charge < -0.3 is 3.79 Å². The van der Waals surface area contributed by atoms with Crippen LogP contribution in [-0.4, -0.2) is 37.7 Å². The second-order valence-corrected chi connectivity index (χ2v) is 7.05. The van der Waals surface area contributed by atoms with Crippen LogP contribution in [0.15, 0.2) is 0 Å². The van der Waals surface area contributed by atoms with Gasteiger partial charge >= 0.3 is 14.5 Å². The maximum atomic E-state index is 6.05. The molecular formula is C11H26AlNO. The number of rotatable bonds is 6. The predicted molar refractivity (Wildman–Crippen MR) is 64.8 cm³/mol. The van der Waals surface area contributed by atoms with Gasteiger partial charge in [-0.2, -0.15) is 0 Å². The molecule has 0 amide bonds. The van der Waals surface area contributed by atoms with Gasteiger partial charge in [0.05, 0.1) is 6.23 Å². The van der Waals surface area contributed by atoms with E-state index in [4.69, 9.17) is 3.79 Å². The fourth-order valence-corrected chi connectivity index (χ4v) is 2.91. The van der Waals surface area contributed by atoms with Crippen molar-refractivity contribution in [1.82, 2.24) is 4.90 Å². The highest BCUT2D eigenvalue weighted by Gasteiger charge is 2.24. The highest BCUT2D eigenvalue weighted by atomic mass is 27.2. The molecule has 0 fully saturated rings. The van der Waals surface area contributed by atoms with E-state index in [1.807, 2.05) is 0 Å². The SMILES string of the molecule is CCC([O][Al]([CH3])[CH3])N(C(C)C)C(C)C. The summed E-state index contributed by atoms with van der Waals surface area (Å²) < 4.78 is 6.05. The van der Waals surface area contributed by atoms with Crippen molar-refractivity contribution in [1.29, 1.82) is 0 Å². The van der Waals surface area contributed by atoms with Crippen molar-refractivity contribution >= 4 is 14.5 Å². The van der Waals surface area contributed by atoms with Gasteiger partial charge in [0.15, 0.2) is 0 Å². The molecule has 0 radical (unpaired) electrons. The summed E-state index contributed by atoms with van der Waals surface area (Å²) in [5, 5.41) is 0. The van der Waals surface area contributed by atoms with E-state index in [-0.39, 0.29) is 0 Å². The molecule has 0 saturated heterocycles. The molecule has 0 spiro atoms. The Morgan fingerprint density at radius 3 is 1.71 bits per heavy atom. The lowest BCUT2D eigenvalue weighted by molar-refractivity contribution is -0.0219. The third-order valence-electron chi connectivity index (χ3n) is 2.30. The smallest absolute Gasteiger partial charge is 0.455 e. The molecule has 0 aliphatic heterocycles. The molecule has 0 aromatic carbocycles. The Kier molecular flexibility index (Phi) is 7.07. The standard InChI is InChI=1S/C9H20NO.2CH3.Al/c1-6-9(11)10(7(2)3)8(4)5;;;/h7-9H,6H2,1-5H3;2*1H3;/q-1;;;+1. The average Bonchev–Trinajstić information content (AvgIpc) is 2.00. The molecule has 84 valence electrons. The van der Waals surface area contributed by atoms with Crippen molar-refractivity contribution in [2.45, 2.75) is 70.9 Å². The van der Waals surface area contributed by atoms with Crippen LogP contribution in [0.2, 0.25) is 11.6 Å². The monoisotopic (exact) mass is 215 g/mol. The minimum absolute atomic E-state index is 0.321. The van der Waals surface area contributed by atoms with Crippen molar-refractivity contribution < 1.29 is 3.79 Å². The third-order valence-corrected chi connectivity index (χ3v) is 3.16. The average molecular weight is 215 g/mol. The summed E-state index contributed by atoms with van der Waals surface area (Å²) in [7, 11) is 0. The highest BCUT2D eigenvalue weighted by molar-refractivity contribution is 6.48. The molecule has 0 heterocycles. The molecule has 0 aliphatic carbocycles. The van der Waals surface area contributed by atoms with Gasteiger partial charge in [0.1, 0.15) is 0 Å². The van der Waals surface area contributed by atoms with Crippen molar-refractivity contribution in [3.63, 3.8) is 0 Å². The first-order valence-electron chi connectivity index (χ1n) is 5.83. The summed E-state index contributed by atoms with van der Waals surface area (Å²) in [4.78, 5) is 2.47. The van der Waals surface area contributed by atoms with Crippen LogP contribution in [0.3, 0.4) is 0 Å². The first-order valence-corrected chi connectivity index (χ1v) is 8.61. The molecule has 3 heteroatoms. The van der Waals surface area contributed by atoms with Gasteiger partial charge in [-0.25, -0.2) is 0 Å². The molecule has 0 N–H and O–H groups in total. The summed E-state index contributed by atoms with van der Waals surface area (Å²) >= 11 is -0.926. The van der Waals surface area contributed by atoms with E-state index in [0.717, 1.165) is 6.42 Å². The molecule has 0 saturated carbocycles. The zero-order valence-corrected chi connectivity index (χ0v) is 12.0. The molecule has 0 aliphatic rings. The summed E-state index contributed by atoms with van der Waals surface area (Å²) in [5.74, 6) is 4.48. The van der Waals surface area contributed by atoms with Crippen LogP contribution in [0.1, 0.15) is 41.0 Å². The first-order chi connectivity index (χ1) is 6.40. The second kappa shape index (κ2) is 6.85. The van der Waals surface area contributed by atoms with Gasteiger partial charge in [-0.1, -0.05) is 18.5 Å². The zero-order chi connectivity index (χ0) is 11.3. The largest absolute Gasteiger partial charge is 0.487 e. The van der Waals surface area contributed by atoms with Crippen LogP contribution >= 0.6 is 0 Å². The highest BCUT2D eigenvalue weighted by Crippen LogP contribution is 2.15. The Morgan fingerprint density at radius 2 is 1.50 bits per heavy atom. The van der Waals surface area contributed by atoms with Crippen LogP contribution < -0.4 is 0 Å². The Bertz CT molecular complexity index is 140. The van der Waals surface area contributed by atoms with Gasteiger partial charge in [0, 0.05) is 12.1 Å². The summed E-state index contributed by atoms with van der Waals surface area (Å²) in [6.07, 6.45) is 1.41. The molecule has 0 aromatic rings. The predicted octanol–water partition coefficient (Wildman–Crippen LogP) is 3.11. The molecule has 14 heavy (non-hydrogen) atoms. The summed E-state index contributed by atoms with van der Waals surface area (Å²) in [6.45, 7) is 11.2. The Balaban J connectivity index is 4.42. The molecule has 0 aromatic heterocycles. The first kappa shape index (κ1) is 14.5. The quantitative estimate of drug-likeness (QED) is 0.498. The van der Waals surface area contributed by atoms with E-state index < -0.39 is 14.5 Å². The van der Waals surface area contributed by atoms with Gasteiger partial charge in [-0.3, -0.25) is 4.90 Å². The Morgan fingerprint density at radius 1 is 1.07 bits per heavy atom. The molecule has 0 bridgehead atoms.